The first-order valence-electron chi connectivity index (χ1n) is 6.34. The zero-order valence-electron chi connectivity index (χ0n) is 12.2. The Morgan fingerprint density at radius 3 is 2.70 bits per heavy atom. The lowest BCUT2D eigenvalue weighted by molar-refractivity contribution is 0.0602. The van der Waals surface area contributed by atoms with Crippen molar-refractivity contribution in [3.8, 4) is 0 Å². The fourth-order valence-corrected chi connectivity index (χ4v) is 4.57. The zero-order chi connectivity index (χ0) is 17.2. The minimum atomic E-state index is -4.00. The van der Waals surface area contributed by atoms with Gasteiger partial charge in [-0.15, -0.1) is 11.3 Å². The highest BCUT2D eigenvalue weighted by Crippen LogP contribution is 2.28. The number of methoxy groups -OCH3 is 1. The van der Waals surface area contributed by atoms with E-state index in [-0.39, 0.29) is 26.9 Å². The lowest BCUT2D eigenvalue weighted by Crippen LogP contribution is -2.28. The lowest BCUT2D eigenvalue weighted by Gasteiger charge is -2.18. The second-order valence-corrected chi connectivity index (χ2v) is 7.90. The Bertz CT molecular complexity index is 815. The number of hydrogen-bond acceptors (Lipinski definition) is 5. The van der Waals surface area contributed by atoms with Crippen LogP contribution in [-0.4, -0.2) is 32.8 Å². The fraction of sp³-hybridized carbons (Fsp3) is 0.214. The van der Waals surface area contributed by atoms with Crippen LogP contribution in [-0.2, 0) is 21.3 Å². The van der Waals surface area contributed by atoms with Crippen molar-refractivity contribution >= 4 is 38.9 Å². The van der Waals surface area contributed by atoms with Crippen molar-refractivity contribution < 1.29 is 22.3 Å². The molecule has 1 aromatic carbocycles. The van der Waals surface area contributed by atoms with E-state index in [0.717, 1.165) is 15.6 Å². The minimum absolute atomic E-state index is 0.0287. The van der Waals surface area contributed by atoms with Gasteiger partial charge in [-0.3, -0.25) is 0 Å². The van der Waals surface area contributed by atoms with Gasteiger partial charge in [0, 0.05) is 24.2 Å². The highest BCUT2D eigenvalue weighted by atomic mass is 35.5. The van der Waals surface area contributed by atoms with Crippen molar-refractivity contribution in [1.29, 1.82) is 0 Å². The largest absolute Gasteiger partial charge is 0.465 e. The monoisotopic (exact) mass is 377 g/mol. The van der Waals surface area contributed by atoms with Gasteiger partial charge < -0.3 is 4.74 Å². The number of thiophene rings is 1. The first-order valence-corrected chi connectivity index (χ1v) is 9.04. The lowest BCUT2D eigenvalue weighted by atomic mass is 10.2. The Kier molecular flexibility index (Phi) is 5.41. The summed E-state index contributed by atoms with van der Waals surface area (Å²) in [5.74, 6) is -1.34. The predicted molar refractivity (Wildman–Crippen MR) is 85.7 cm³/mol. The molecule has 0 N–H and O–H groups in total. The van der Waals surface area contributed by atoms with Crippen molar-refractivity contribution in [3.63, 3.8) is 0 Å². The van der Waals surface area contributed by atoms with E-state index in [2.05, 4.69) is 4.74 Å². The van der Waals surface area contributed by atoms with Crippen LogP contribution in [0.3, 0.4) is 0 Å². The van der Waals surface area contributed by atoms with E-state index in [1.54, 1.807) is 0 Å². The third kappa shape index (κ3) is 3.55. The molecule has 2 aromatic rings. The number of benzene rings is 1. The van der Waals surface area contributed by atoms with Crippen LogP contribution >= 0.6 is 22.9 Å². The quantitative estimate of drug-likeness (QED) is 0.751. The van der Waals surface area contributed by atoms with Crippen LogP contribution in [0.2, 0.25) is 5.02 Å². The van der Waals surface area contributed by atoms with Crippen molar-refractivity contribution in [3.05, 3.63) is 50.9 Å². The Labute approximate surface area is 142 Å². The average molecular weight is 378 g/mol. The summed E-state index contributed by atoms with van der Waals surface area (Å²) < 4.78 is 44.6. The highest BCUT2D eigenvalue weighted by Gasteiger charge is 2.29. The highest BCUT2D eigenvalue weighted by molar-refractivity contribution is 7.89. The van der Waals surface area contributed by atoms with Crippen LogP contribution in [0.4, 0.5) is 4.39 Å². The molecule has 0 aliphatic heterocycles. The maximum atomic E-state index is 13.8. The van der Waals surface area contributed by atoms with Gasteiger partial charge in [-0.1, -0.05) is 17.7 Å². The van der Waals surface area contributed by atoms with Gasteiger partial charge >= 0.3 is 5.97 Å². The van der Waals surface area contributed by atoms with Crippen molar-refractivity contribution in [2.75, 3.05) is 14.2 Å². The molecule has 0 saturated carbocycles. The van der Waals surface area contributed by atoms with Gasteiger partial charge in [0.15, 0.2) is 0 Å². The normalized spacial score (nSPS) is 11.7. The predicted octanol–water partition coefficient (Wildman–Crippen LogP) is 3.15. The second kappa shape index (κ2) is 6.96. The Morgan fingerprint density at radius 2 is 2.09 bits per heavy atom. The summed E-state index contributed by atoms with van der Waals surface area (Å²) in [5.41, 5.74) is 0.0649. The topological polar surface area (TPSA) is 63.7 Å². The van der Waals surface area contributed by atoms with E-state index in [1.807, 2.05) is 0 Å². The van der Waals surface area contributed by atoms with Crippen LogP contribution in [0.15, 0.2) is 34.5 Å². The van der Waals surface area contributed by atoms with Gasteiger partial charge in [0.25, 0.3) is 0 Å². The molecule has 0 aliphatic carbocycles. The summed E-state index contributed by atoms with van der Waals surface area (Å²) in [6.07, 6.45) is 0. The molecule has 9 heteroatoms. The van der Waals surface area contributed by atoms with E-state index in [1.165, 1.54) is 43.8 Å². The number of hydrogen-bond donors (Lipinski definition) is 0. The summed E-state index contributed by atoms with van der Waals surface area (Å²) in [6.45, 7) is -0.260. The molecule has 124 valence electrons. The molecule has 5 nitrogen and oxygen atoms in total. The molecular formula is C14H13ClFNO4S2. The van der Waals surface area contributed by atoms with Gasteiger partial charge in [-0.2, -0.15) is 4.31 Å². The number of carbonyl (C=O) groups is 1. The van der Waals surface area contributed by atoms with E-state index in [0.29, 0.717) is 0 Å². The molecule has 1 aromatic heterocycles. The van der Waals surface area contributed by atoms with Crippen LogP contribution in [0.5, 0.6) is 0 Å². The van der Waals surface area contributed by atoms with Gasteiger partial charge in [0.2, 0.25) is 10.0 Å². The van der Waals surface area contributed by atoms with Crippen molar-refractivity contribution in [2.24, 2.45) is 0 Å². The first-order chi connectivity index (χ1) is 10.8. The fourth-order valence-electron chi connectivity index (χ4n) is 1.90. The first kappa shape index (κ1) is 17.9. The van der Waals surface area contributed by atoms with Gasteiger partial charge in [-0.05, 0) is 23.6 Å². The van der Waals surface area contributed by atoms with Crippen molar-refractivity contribution in [2.45, 2.75) is 11.4 Å². The molecule has 0 bridgehead atoms. The SMILES string of the molecule is COC(=O)c1sccc1S(=O)(=O)N(C)Cc1c(F)cccc1Cl. The molecule has 23 heavy (non-hydrogen) atoms. The van der Waals surface area contributed by atoms with E-state index >= 15 is 0 Å². The van der Waals surface area contributed by atoms with E-state index < -0.39 is 21.8 Å². The second-order valence-electron chi connectivity index (χ2n) is 4.57. The van der Waals surface area contributed by atoms with Crippen LogP contribution in [0.25, 0.3) is 0 Å². The molecule has 1 heterocycles. The van der Waals surface area contributed by atoms with E-state index in [9.17, 15) is 17.6 Å². The summed E-state index contributed by atoms with van der Waals surface area (Å²) in [7, 11) is -1.54. The molecule has 0 fully saturated rings. The number of rotatable bonds is 5. The Balaban J connectivity index is 2.37. The summed E-state index contributed by atoms with van der Waals surface area (Å²) >= 11 is 6.88. The molecule has 0 aliphatic rings. The molecule has 0 atom stereocenters. The summed E-state index contributed by atoms with van der Waals surface area (Å²) in [5, 5.41) is 1.61. The van der Waals surface area contributed by atoms with Gasteiger partial charge in [0.05, 0.1) is 7.11 Å². The molecule has 0 spiro atoms. The number of halogens is 2. The molecule has 0 unspecified atom stereocenters. The minimum Gasteiger partial charge on any atom is -0.465 e. The van der Waals surface area contributed by atoms with Crippen LogP contribution < -0.4 is 0 Å². The smallest absolute Gasteiger partial charge is 0.349 e. The number of carbonyl (C=O) groups excluding carboxylic acids is 1. The van der Waals surface area contributed by atoms with Gasteiger partial charge in [-0.25, -0.2) is 17.6 Å². The Hall–Kier alpha value is -1.48. The van der Waals surface area contributed by atoms with E-state index in [4.69, 9.17) is 11.6 Å². The van der Waals surface area contributed by atoms with Crippen molar-refractivity contribution in [1.82, 2.24) is 4.31 Å². The third-order valence-electron chi connectivity index (χ3n) is 3.13. The van der Waals surface area contributed by atoms with Crippen LogP contribution in [0, 0.1) is 5.82 Å². The molecule has 2 rings (SSSR count). The standard InChI is InChI=1S/C14H13ClFNO4S2/c1-17(8-9-10(15)4-3-5-11(9)16)23(19,20)12-6-7-22-13(12)14(18)21-2/h3-7H,8H2,1-2H3. The van der Waals surface area contributed by atoms with Crippen LogP contribution in [0.1, 0.15) is 15.2 Å². The molecule has 0 amide bonds. The third-order valence-corrected chi connectivity index (χ3v) is 6.35. The maximum Gasteiger partial charge on any atom is 0.349 e. The maximum absolute atomic E-state index is 13.8. The zero-order valence-corrected chi connectivity index (χ0v) is 14.6. The molecular weight excluding hydrogens is 365 g/mol. The average Bonchev–Trinajstić information content (AvgIpc) is 3.00. The summed E-state index contributed by atoms with van der Waals surface area (Å²) in [6, 6.07) is 5.42. The number of nitrogens with zero attached hydrogens (tertiary/aromatic N) is 1. The Morgan fingerprint density at radius 1 is 1.39 bits per heavy atom. The molecule has 0 radical (unpaired) electrons. The molecule has 0 saturated heterocycles. The van der Waals surface area contributed by atoms with Gasteiger partial charge in [0.1, 0.15) is 15.6 Å². The summed E-state index contributed by atoms with van der Waals surface area (Å²) in [4.78, 5) is 11.5. The number of sulfonamides is 1. The number of esters is 1. The number of ether oxygens (including phenoxy) is 1.